The summed E-state index contributed by atoms with van der Waals surface area (Å²) in [6.45, 7) is 2.01. The number of aryl methyl sites for hydroxylation is 1. The van der Waals surface area contributed by atoms with Gasteiger partial charge in [0.05, 0.1) is 18.4 Å². The average Bonchev–Trinajstić information content (AvgIpc) is 2.84. The molecule has 0 aliphatic rings. The molecular weight excluding hydrogens is 224 g/mol. The van der Waals surface area contributed by atoms with Crippen molar-refractivity contribution in [3.05, 3.63) is 18.1 Å². The Morgan fingerprint density at radius 1 is 1.65 bits per heavy atom. The van der Waals surface area contributed by atoms with E-state index in [4.69, 9.17) is 14.9 Å². The molecule has 0 unspecified atom stereocenters. The van der Waals surface area contributed by atoms with Crippen molar-refractivity contribution in [1.29, 1.82) is 0 Å². The summed E-state index contributed by atoms with van der Waals surface area (Å²) < 4.78 is 11.6. The molecule has 90 valence electrons. The lowest BCUT2D eigenvalue weighted by atomic mass is 10.2. The van der Waals surface area contributed by atoms with Crippen molar-refractivity contribution in [1.82, 2.24) is 14.8 Å². The van der Waals surface area contributed by atoms with Crippen LogP contribution in [0.5, 0.6) is 0 Å². The van der Waals surface area contributed by atoms with E-state index in [0.29, 0.717) is 11.3 Å². The zero-order chi connectivity index (χ0) is 12.4. The van der Waals surface area contributed by atoms with Crippen LogP contribution in [-0.2, 0) is 11.8 Å². The number of carbonyl (C=O) groups is 1. The first-order chi connectivity index (χ1) is 8.11. The topological polar surface area (TPSA) is 96.2 Å². The minimum Gasteiger partial charge on any atom is -0.461 e. The van der Waals surface area contributed by atoms with Gasteiger partial charge in [-0.3, -0.25) is 4.68 Å². The van der Waals surface area contributed by atoms with E-state index < -0.39 is 5.97 Å². The van der Waals surface area contributed by atoms with Crippen LogP contribution in [-0.4, -0.2) is 27.3 Å². The largest absolute Gasteiger partial charge is 0.461 e. The van der Waals surface area contributed by atoms with Gasteiger partial charge in [0.2, 0.25) is 0 Å². The van der Waals surface area contributed by atoms with Gasteiger partial charge < -0.3 is 14.9 Å². The average molecular weight is 236 g/mol. The normalized spacial score (nSPS) is 10.5. The summed E-state index contributed by atoms with van der Waals surface area (Å²) in [6, 6.07) is 0.0404. The molecule has 17 heavy (non-hydrogen) atoms. The zero-order valence-electron chi connectivity index (χ0n) is 9.51. The predicted octanol–water partition coefficient (Wildman–Crippen LogP) is 0.834. The van der Waals surface area contributed by atoms with Gasteiger partial charge in [0.1, 0.15) is 0 Å². The third kappa shape index (κ3) is 2.12. The van der Waals surface area contributed by atoms with E-state index in [9.17, 15) is 4.79 Å². The number of ether oxygens (including phenoxy) is 1. The van der Waals surface area contributed by atoms with Gasteiger partial charge in [-0.15, -0.1) is 0 Å². The summed E-state index contributed by atoms with van der Waals surface area (Å²) in [4.78, 5) is 15.4. The molecule has 2 heterocycles. The van der Waals surface area contributed by atoms with Crippen molar-refractivity contribution in [2.24, 2.45) is 7.05 Å². The van der Waals surface area contributed by atoms with Gasteiger partial charge in [-0.05, 0) is 6.92 Å². The van der Waals surface area contributed by atoms with E-state index in [-0.39, 0.29) is 18.3 Å². The summed E-state index contributed by atoms with van der Waals surface area (Å²) >= 11 is 0. The smallest absolute Gasteiger partial charge is 0.359 e. The molecule has 0 spiro atoms. The maximum Gasteiger partial charge on any atom is 0.359 e. The number of nitrogens with two attached hydrogens (primary N) is 1. The molecule has 0 radical (unpaired) electrons. The van der Waals surface area contributed by atoms with Crippen molar-refractivity contribution < 1.29 is 13.9 Å². The Balaban J connectivity index is 2.43. The lowest BCUT2D eigenvalue weighted by Gasteiger charge is -1.99. The molecule has 2 aromatic heterocycles. The molecule has 2 N–H and O–H groups in total. The Morgan fingerprint density at radius 2 is 2.41 bits per heavy atom. The predicted molar refractivity (Wildman–Crippen MR) is 59.1 cm³/mol. The number of carbonyl (C=O) groups excluding carboxylic acids is 1. The second-order valence-electron chi connectivity index (χ2n) is 3.35. The number of esters is 1. The van der Waals surface area contributed by atoms with Crippen LogP contribution in [0.2, 0.25) is 0 Å². The number of nitrogens with zero attached hydrogens (tertiary/aromatic N) is 3. The number of aromatic nitrogens is 3. The number of hydrogen-bond acceptors (Lipinski definition) is 6. The Morgan fingerprint density at radius 3 is 3.00 bits per heavy atom. The molecule has 2 rings (SSSR count). The molecule has 0 fully saturated rings. The molecule has 7 heteroatoms. The first-order valence-corrected chi connectivity index (χ1v) is 5.04. The highest BCUT2D eigenvalue weighted by Gasteiger charge is 2.21. The van der Waals surface area contributed by atoms with Crippen molar-refractivity contribution in [2.45, 2.75) is 6.92 Å². The standard InChI is InChI=1S/C10H12N4O3/c1-3-16-9(15)8-6(5-14(2)13-8)7-4-12-10(11)17-7/h4-5H,3H2,1-2H3,(H2,11,12). The summed E-state index contributed by atoms with van der Waals surface area (Å²) in [5, 5.41) is 4.03. The van der Waals surface area contributed by atoms with Crippen molar-refractivity contribution in [3.63, 3.8) is 0 Å². The third-order valence-corrected chi connectivity index (χ3v) is 2.09. The Kier molecular flexibility index (Phi) is 2.82. The first kappa shape index (κ1) is 11.2. The quantitative estimate of drug-likeness (QED) is 0.793. The van der Waals surface area contributed by atoms with E-state index in [2.05, 4.69) is 10.1 Å². The van der Waals surface area contributed by atoms with Gasteiger partial charge in [0.25, 0.3) is 6.01 Å². The Bertz CT molecular complexity index is 543. The molecule has 0 amide bonds. The lowest BCUT2D eigenvalue weighted by Crippen LogP contribution is -2.07. The van der Waals surface area contributed by atoms with Crippen LogP contribution in [0.15, 0.2) is 16.8 Å². The monoisotopic (exact) mass is 236 g/mol. The number of nitrogen functional groups attached to an aromatic ring is 1. The fraction of sp³-hybridized carbons (Fsp3) is 0.300. The maximum absolute atomic E-state index is 11.7. The van der Waals surface area contributed by atoms with Crippen LogP contribution in [0.1, 0.15) is 17.4 Å². The lowest BCUT2D eigenvalue weighted by molar-refractivity contribution is 0.0519. The second kappa shape index (κ2) is 4.28. The molecule has 0 aliphatic carbocycles. The molecule has 7 nitrogen and oxygen atoms in total. The van der Waals surface area contributed by atoms with Gasteiger partial charge in [-0.25, -0.2) is 9.78 Å². The highest BCUT2D eigenvalue weighted by molar-refractivity contribution is 5.94. The first-order valence-electron chi connectivity index (χ1n) is 5.04. The van der Waals surface area contributed by atoms with Crippen LogP contribution in [0, 0.1) is 0 Å². The van der Waals surface area contributed by atoms with Crippen LogP contribution in [0.4, 0.5) is 6.01 Å². The minimum atomic E-state index is -0.502. The van der Waals surface area contributed by atoms with Crippen LogP contribution >= 0.6 is 0 Å². The van der Waals surface area contributed by atoms with Crippen LogP contribution < -0.4 is 5.73 Å². The summed E-state index contributed by atoms with van der Waals surface area (Å²) in [6.07, 6.45) is 3.08. The fourth-order valence-electron chi connectivity index (χ4n) is 1.43. The SMILES string of the molecule is CCOC(=O)c1nn(C)cc1-c1cnc(N)o1. The van der Waals surface area contributed by atoms with Crippen molar-refractivity contribution in [3.8, 4) is 11.3 Å². The summed E-state index contributed by atoms with van der Waals surface area (Å²) in [5.41, 5.74) is 6.08. The Hall–Kier alpha value is -2.31. The molecule has 0 atom stereocenters. The maximum atomic E-state index is 11.7. The second-order valence-corrected chi connectivity index (χ2v) is 3.35. The number of hydrogen-bond donors (Lipinski definition) is 1. The number of oxazole rings is 1. The third-order valence-electron chi connectivity index (χ3n) is 2.09. The van der Waals surface area contributed by atoms with Gasteiger partial charge in [0, 0.05) is 13.2 Å². The molecule has 2 aromatic rings. The van der Waals surface area contributed by atoms with Gasteiger partial charge >= 0.3 is 5.97 Å². The van der Waals surface area contributed by atoms with E-state index in [0.717, 1.165) is 0 Å². The van der Waals surface area contributed by atoms with Crippen molar-refractivity contribution >= 4 is 12.0 Å². The van der Waals surface area contributed by atoms with Crippen LogP contribution in [0.3, 0.4) is 0 Å². The van der Waals surface area contributed by atoms with Crippen LogP contribution in [0.25, 0.3) is 11.3 Å². The molecule has 0 aliphatic heterocycles. The highest BCUT2D eigenvalue weighted by atomic mass is 16.5. The zero-order valence-corrected chi connectivity index (χ0v) is 9.51. The van der Waals surface area contributed by atoms with E-state index in [1.165, 1.54) is 10.9 Å². The Labute approximate surface area is 97.2 Å². The van der Waals surface area contributed by atoms with Gasteiger partial charge in [-0.1, -0.05) is 0 Å². The molecule has 0 bridgehead atoms. The number of anilines is 1. The van der Waals surface area contributed by atoms with E-state index in [1.54, 1.807) is 20.2 Å². The summed E-state index contributed by atoms with van der Waals surface area (Å²) in [5.74, 6) is -0.114. The molecular formula is C10H12N4O3. The molecule has 0 aromatic carbocycles. The molecule has 0 saturated heterocycles. The summed E-state index contributed by atoms with van der Waals surface area (Å²) in [7, 11) is 1.70. The van der Waals surface area contributed by atoms with E-state index >= 15 is 0 Å². The molecule has 0 saturated carbocycles. The minimum absolute atomic E-state index is 0.0404. The van der Waals surface area contributed by atoms with Gasteiger partial charge in [0.15, 0.2) is 11.5 Å². The highest BCUT2D eigenvalue weighted by Crippen LogP contribution is 2.24. The van der Waals surface area contributed by atoms with Crippen molar-refractivity contribution in [2.75, 3.05) is 12.3 Å². The fourth-order valence-corrected chi connectivity index (χ4v) is 1.43. The van der Waals surface area contributed by atoms with Gasteiger partial charge in [-0.2, -0.15) is 5.10 Å². The number of rotatable bonds is 3. The van der Waals surface area contributed by atoms with E-state index in [1.807, 2.05) is 0 Å².